The van der Waals surface area contributed by atoms with Crippen molar-refractivity contribution in [3.63, 3.8) is 0 Å². The first-order valence-electron chi connectivity index (χ1n) is 16.1. The summed E-state index contributed by atoms with van der Waals surface area (Å²) in [4.78, 5) is 10.6. The molecule has 222 valence electrons. The van der Waals surface area contributed by atoms with Gasteiger partial charge >= 0.3 is 0 Å². The summed E-state index contributed by atoms with van der Waals surface area (Å²) in [5.74, 6) is 0.752. The van der Waals surface area contributed by atoms with Crippen LogP contribution >= 0.6 is 0 Å². The second-order valence-electron chi connectivity index (χ2n) is 13.0. The van der Waals surface area contributed by atoms with Gasteiger partial charge in [0.1, 0.15) is 19.2 Å². The van der Waals surface area contributed by atoms with Crippen LogP contribution in [0.15, 0.2) is 144 Å². The van der Waals surface area contributed by atoms with Crippen molar-refractivity contribution in [2.75, 3.05) is 0 Å². The van der Waals surface area contributed by atoms with Crippen LogP contribution in [0.5, 0.6) is 0 Å². The van der Waals surface area contributed by atoms with Gasteiger partial charge in [-0.05, 0) is 58.4 Å². The lowest BCUT2D eigenvalue weighted by molar-refractivity contribution is 0.669. The summed E-state index contributed by atoms with van der Waals surface area (Å²) in [5, 5.41) is 7.47. The molecule has 0 saturated heterocycles. The fourth-order valence-electron chi connectivity index (χ4n) is 7.78. The maximum atomic E-state index is 6.32. The van der Waals surface area contributed by atoms with Crippen molar-refractivity contribution >= 4 is 62.2 Å². The highest BCUT2D eigenvalue weighted by Crippen LogP contribution is 2.39. The lowest BCUT2D eigenvalue weighted by atomic mass is 10.1. The number of nitrogens with zero attached hydrogens (tertiary/aromatic N) is 3. The summed E-state index contributed by atoms with van der Waals surface area (Å²) in [5.41, 5.74) is 10.7. The van der Waals surface area contributed by atoms with E-state index in [4.69, 9.17) is 14.4 Å². The van der Waals surface area contributed by atoms with Crippen LogP contribution in [0.3, 0.4) is 0 Å². The molecule has 0 saturated carbocycles. The van der Waals surface area contributed by atoms with Gasteiger partial charge in [0.05, 0.1) is 22.4 Å². The average Bonchev–Trinajstić information content (AvgIpc) is 3.72. The van der Waals surface area contributed by atoms with E-state index >= 15 is 0 Å². The third kappa shape index (κ3) is 3.75. The highest BCUT2D eigenvalue weighted by Gasteiger charge is 2.41. The Morgan fingerprint density at radius 3 is 2.09 bits per heavy atom. The number of furan rings is 1. The SMILES string of the molecule is C[Si]1(C)c2ccccc2-c2nc(-c3ccc(-n4c5ccccc5c5cc6c(cc54)oc4ccccc46)cc3)nc(-c3ccccc3)c21. The molecule has 10 rings (SSSR count). The van der Waals surface area contributed by atoms with Crippen molar-refractivity contribution < 1.29 is 4.42 Å². The van der Waals surface area contributed by atoms with Crippen LogP contribution in [0, 0.1) is 0 Å². The quantitative estimate of drug-likeness (QED) is 0.185. The molecule has 47 heavy (non-hydrogen) atoms. The number of aromatic nitrogens is 3. The highest BCUT2D eigenvalue weighted by molar-refractivity contribution is 7.04. The van der Waals surface area contributed by atoms with Gasteiger partial charge in [0.2, 0.25) is 0 Å². The number of hydrogen-bond acceptors (Lipinski definition) is 3. The number of para-hydroxylation sites is 2. The zero-order valence-electron chi connectivity index (χ0n) is 26.0. The van der Waals surface area contributed by atoms with Gasteiger partial charge in [0.15, 0.2) is 5.82 Å². The van der Waals surface area contributed by atoms with Crippen molar-refractivity contribution in [3.8, 4) is 39.6 Å². The van der Waals surface area contributed by atoms with E-state index < -0.39 is 8.07 Å². The van der Waals surface area contributed by atoms with Crippen molar-refractivity contribution in [1.82, 2.24) is 14.5 Å². The van der Waals surface area contributed by atoms with E-state index in [-0.39, 0.29) is 0 Å². The van der Waals surface area contributed by atoms with Crippen LogP contribution in [0.2, 0.25) is 13.1 Å². The van der Waals surface area contributed by atoms with Gasteiger partial charge in [0.25, 0.3) is 0 Å². The number of benzene rings is 6. The Labute approximate surface area is 272 Å². The predicted molar refractivity (Wildman–Crippen MR) is 197 cm³/mol. The smallest absolute Gasteiger partial charge is 0.160 e. The van der Waals surface area contributed by atoms with Crippen molar-refractivity contribution in [2.24, 2.45) is 0 Å². The van der Waals surface area contributed by atoms with E-state index in [9.17, 15) is 0 Å². The van der Waals surface area contributed by atoms with Crippen LogP contribution in [-0.2, 0) is 0 Å². The topological polar surface area (TPSA) is 43.9 Å². The minimum absolute atomic E-state index is 0.752. The first-order valence-corrected chi connectivity index (χ1v) is 19.1. The number of fused-ring (bicyclic) bond motifs is 9. The first-order chi connectivity index (χ1) is 23.1. The van der Waals surface area contributed by atoms with Crippen molar-refractivity contribution in [1.29, 1.82) is 0 Å². The Kier molecular flexibility index (Phi) is 5.41. The monoisotopic (exact) mass is 619 g/mol. The summed E-state index contributed by atoms with van der Waals surface area (Å²) in [7, 11) is -2.00. The maximum absolute atomic E-state index is 6.32. The molecular formula is C42H29N3OSi. The summed E-state index contributed by atoms with van der Waals surface area (Å²) in [6.07, 6.45) is 0. The summed E-state index contributed by atoms with van der Waals surface area (Å²) in [6.45, 7) is 4.85. The molecule has 5 heteroatoms. The summed E-state index contributed by atoms with van der Waals surface area (Å²) < 4.78 is 8.66. The van der Waals surface area contributed by atoms with E-state index in [1.807, 2.05) is 12.1 Å². The normalized spacial score (nSPS) is 13.5. The molecule has 0 radical (unpaired) electrons. The molecule has 0 spiro atoms. The lowest BCUT2D eigenvalue weighted by Crippen LogP contribution is -2.50. The van der Waals surface area contributed by atoms with Gasteiger partial charge in [0, 0.05) is 44.4 Å². The molecule has 3 aromatic heterocycles. The van der Waals surface area contributed by atoms with Gasteiger partial charge in [-0.25, -0.2) is 9.97 Å². The van der Waals surface area contributed by atoms with Gasteiger partial charge in [-0.15, -0.1) is 0 Å². The molecule has 0 N–H and O–H groups in total. The maximum Gasteiger partial charge on any atom is 0.160 e. The fourth-order valence-corrected chi connectivity index (χ4v) is 11.0. The van der Waals surface area contributed by atoms with Crippen LogP contribution in [-0.4, -0.2) is 22.6 Å². The Morgan fingerprint density at radius 2 is 1.23 bits per heavy atom. The largest absolute Gasteiger partial charge is 0.456 e. The molecule has 0 bridgehead atoms. The Hall–Kier alpha value is -5.78. The molecule has 1 aliphatic heterocycles. The van der Waals surface area contributed by atoms with E-state index in [1.54, 1.807) is 0 Å². The first kappa shape index (κ1) is 26.4. The Balaban J connectivity index is 1.16. The fraction of sp³-hybridized carbons (Fsp3) is 0.0476. The molecule has 0 unspecified atom stereocenters. The molecule has 4 nitrogen and oxygen atoms in total. The Bertz CT molecular complexity index is 2700. The van der Waals surface area contributed by atoms with Crippen LogP contribution in [0.4, 0.5) is 0 Å². The predicted octanol–water partition coefficient (Wildman–Crippen LogP) is 9.61. The second-order valence-corrected chi connectivity index (χ2v) is 17.3. The third-order valence-corrected chi connectivity index (χ3v) is 13.5. The van der Waals surface area contributed by atoms with Crippen molar-refractivity contribution in [2.45, 2.75) is 13.1 Å². The Morgan fingerprint density at radius 1 is 0.532 bits per heavy atom. The second kappa shape index (κ2) is 9.61. The summed E-state index contributed by atoms with van der Waals surface area (Å²) in [6, 6.07) is 49.5. The van der Waals surface area contributed by atoms with Gasteiger partial charge in [-0.3, -0.25) is 0 Å². The summed E-state index contributed by atoms with van der Waals surface area (Å²) >= 11 is 0. The average molecular weight is 620 g/mol. The number of hydrogen-bond donors (Lipinski definition) is 0. The van der Waals surface area contributed by atoms with E-state index in [1.165, 1.54) is 26.7 Å². The molecule has 0 aliphatic carbocycles. The van der Waals surface area contributed by atoms with E-state index in [2.05, 4.69) is 145 Å². The van der Waals surface area contributed by atoms with Crippen LogP contribution in [0.1, 0.15) is 0 Å². The van der Waals surface area contributed by atoms with E-state index in [0.29, 0.717) is 0 Å². The third-order valence-electron chi connectivity index (χ3n) is 9.99. The molecule has 4 heterocycles. The highest BCUT2D eigenvalue weighted by atomic mass is 28.3. The zero-order chi connectivity index (χ0) is 31.3. The molecular weight excluding hydrogens is 591 g/mol. The van der Waals surface area contributed by atoms with Crippen LogP contribution < -0.4 is 10.4 Å². The molecule has 0 atom stereocenters. The van der Waals surface area contributed by atoms with Crippen molar-refractivity contribution in [3.05, 3.63) is 140 Å². The van der Waals surface area contributed by atoms with E-state index in [0.717, 1.165) is 67.0 Å². The van der Waals surface area contributed by atoms with Gasteiger partial charge < -0.3 is 8.98 Å². The van der Waals surface area contributed by atoms with Gasteiger partial charge in [-0.2, -0.15) is 0 Å². The molecule has 9 aromatic rings. The number of rotatable bonds is 3. The minimum atomic E-state index is -2.00. The standard InChI is InChI=1S/C42H29N3OSi/c1-47(2)38-19-11-8-16-31(38)40-41(47)39(26-12-4-3-5-13-26)43-42(44-40)27-20-22-28(23-21-27)45-34-17-9-6-14-29(34)32-24-33-30-15-7-10-18-36(30)46-37(33)25-35(32)45/h3-25H,1-2H3. The van der Waals surface area contributed by atoms with Gasteiger partial charge in [-0.1, -0.05) is 104 Å². The zero-order valence-corrected chi connectivity index (χ0v) is 27.0. The minimum Gasteiger partial charge on any atom is -0.456 e. The lowest BCUT2D eigenvalue weighted by Gasteiger charge is -2.21. The molecule has 0 amide bonds. The molecule has 6 aromatic carbocycles. The molecule has 0 fully saturated rings. The molecule has 1 aliphatic rings. The van der Waals surface area contributed by atoms with Crippen LogP contribution in [0.25, 0.3) is 83.3 Å².